The first-order valence-electron chi connectivity index (χ1n) is 6.47. The Bertz CT molecular complexity index is 492. The molecular weight excluding hydrogens is 294 g/mol. The standard InChI is InChI=1S/C14H19NO5S/c1-3-20-11-5-4-10(8-12(11)19-2)14(18)15-6-7-21-9-13(16)17/h4-5,8H,3,6-7,9H2,1-2H3,(H,15,18)(H,16,17). The molecule has 21 heavy (non-hydrogen) atoms. The van der Waals surface area contributed by atoms with E-state index < -0.39 is 5.97 Å². The molecule has 7 heteroatoms. The Kier molecular flexibility index (Phi) is 7.45. The van der Waals surface area contributed by atoms with Crippen LogP contribution >= 0.6 is 11.8 Å². The third-order valence-electron chi connectivity index (χ3n) is 2.48. The molecule has 1 aromatic carbocycles. The fraction of sp³-hybridized carbons (Fsp3) is 0.429. The van der Waals surface area contributed by atoms with Crippen LogP contribution in [0.3, 0.4) is 0 Å². The van der Waals surface area contributed by atoms with E-state index in [9.17, 15) is 9.59 Å². The zero-order chi connectivity index (χ0) is 15.7. The van der Waals surface area contributed by atoms with Gasteiger partial charge in [0.1, 0.15) is 0 Å². The normalized spacial score (nSPS) is 10.0. The van der Waals surface area contributed by atoms with Gasteiger partial charge in [0, 0.05) is 17.9 Å². The Morgan fingerprint density at radius 3 is 2.71 bits per heavy atom. The van der Waals surface area contributed by atoms with Gasteiger partial charge in [0.2, 0.25) is 0 Å². The minimum absolute atomic E-state index is 0.0345. The van der Waals surface area contributed by atoms with Crippen LogP contribution in [0.1, 0.15) is 17.3 Å². The first-order valence-corrected chi connectivity index (χ1v) is 7.62. The van der Waals surface area contributed by atoms with Crippen molar-refractivity contribution in [2.75, 3.05) is 31.8 Å². The van der Waals surface area contributed by atoms with Crippen molar-refractivity contribution in [1.82, 2.24) is 5.32 Å². The first kappa shape index (κ1) is 17.2. The van der Waals surface area contributed by atoms with Gasteiger partial charge in [-0.1, -0.05) is 0 Å². The Balaban J connectivity index is 2.52. The van der Waals surface area contributed by atoms with Crippen molar-refractivity contribution in [1.29, 1.82) is 0 Å². The maximum absolute atomic E-state index is 11.9. The molecule has 0 atom stereocenters. The summed E-state index contributed by atoms with van der Waals surface area (Å²) in [6, 6.07) is 4.97. The molecule has 0 radical (unpaired) electrons. The lowest BCUT2D eigenvalue weighted by Crippen LogP contribution is -2.26. The number of carbonyl (C=O) groups is 2. The molecule has 0 unspecified atom stereocenters. The quantitative estimate of drug-likeness (QED) is 0.674. The highest BCUT2D eigenvalue weighted by molar-refractivity contribution is 7.99. The topological polar surface area (TPSA) is 84.9 Å². The van der Waals surface area contributed by atoms with Gasteiger partial charge in [-0.2, -0.15) is 0 Å². The van der Waals surface area contributed by atoms with Crippen LogP contribution in [0.15, 0.2) is 18.2 Å². The minimum atomic E-state index is -0.859. The van der Waals surface area contributed by atoms with Gasteiger partial charge in [0.15, 0.2) is 11.5 Å². The number of methoxy groups -OCH3 is 1. The van der Waals surface area contributed by atoms with Crippen molar-refractivity contribution in [2.24, 2.45) is 0 Å². The lowest BCUT2D eigenvalue weighted by molar-refractivity contribution is -0.133. The van der Waals surface area contributed by atoms with Gasteiger partial charge in [-0.05, 0) is 25.1 Å². The van der Waals surface area contributed by atoms with Gasteiger partial charge >= 0.3 is 5.97 Å². The molecule has 0 saturated heterocycles. The molecule has 6 nitrogen and oxygen atoms in total. The number of hydrogen-bond acceptors (Lipinski definition) is 5. The van der Waals surface area contributed by atoms with Crippen molar-refractivity contribution in [3.63, 3.8) is 0 Å². The highest BCUT2D eigenvalue weighted by Crippen LogP contribution is 2.27. The Hall–Kier alpha value is -1.89. The average molecular weight is 313 g/mol. The number of nitrogens with one attached hydrogen (secondary N) is 1. The fourth-order valence-electron chi connectivity index (χ4n) is 1.58. The maximum atomic E-state index is 11.9. The van der Waals surface area contributed by atoms with Crippen molar-refractivity contribution in [2.45, 2.75) is 6.92 Å². The molecule has 2 N–H and O–H groups in total. The smallest absolute Gasteiger partial charge is 0.313 e. The summed E-state index contributed by atoms with van der Waals surface area (Å²) in [5.74, 6) is 0.590. The van der Waals surface area contributed by atoms with E-state index in [2.05, 4.69) is 5.32 Å². The molecule has 1 rings (SSSR count). The summed E-state index contributed by atoms with van der Waals surface area (Å²) in [5.41, 5.74) is 0.471. The van der Waals surface area contributed by atoms with Crippen LogP contribution in [-0.2, 0) is 4.79 Å². The molecule has 0 fully saturated rings. The van der Waals surface area contributed by atoms with Crippen LogP contribution in [0.5, 0.6) is 11.5 Å². The lowest BCUT2D eigenvalue weighted by atomic mass is 10.2. The van der Waals surface area contributed by atoms with Crippen LogP contribution < -0.4 is 14.8 Å². The zero-order valence-electron chi connectivity index (χ0n) is 12.0. The number of thioether (sulfide) groups is 1. The maximum Gasteiger partial charge on any atom is 0.313 e. The highest BCUT2D eigenvalue weighted by atomic mass is 32.2. The molecule has 116 valence electrons. The van der Waals surface area contributed by atoms with Gasteiger partial charge in [0.05, 0.1) is 19.5 Å². The SMILES string of the molecule is CCOc1ccc(C(=O)NCCSCC(=O)O)cc1OC. The first-order chi connectivity index (χ1) is 10.1. The van der Waals surface area contributed by atoms with E-state index in [-0.39, 0.29) is 11.7 Å². The molecule has 0 aromatic heterocycles. The number of hydrogen-bond donors (Lipinski definition) is 2. The van der Waals surface area contributed by atoms with Crippen LogP contribution in [-0.4, -0.2) is 48.8 Å². The second-order valence-electron chi connectivity index (χ2n) is 4.00. The second kappa shape index (κ2) is 9.12. The van der Waals surface area contributed by atoms with Gasteiger partial charge in [-0.15, -0.1) is 11.8 Å². The van der Waals surface area contributed by atoms with Crippen molar-refractivity contribution in [3.05, 3.63) is 23.8 Å². The summed E-state index contributed by atoms with van der Waals surface area (Å²) in [6.07, 6.45) is 0. The van der Waals surface area contributed by atoms with Gasteiger partial charge in [-0.25, -0.2) is 0 Å². The van der Waals surface area contributed by atoms with Crippen LogP contribution in [0.25, 0.3) is 0 Å². The van der Waals surface area contributed by atoms with Gasteiger partial charge in [0.25, 0.3) is 5.91 Å². The fourth-order valence-corrected chi connectivity index (χ4v) is 2.15. The summed E-state index contributed by atoms with van der Waals surface area (Å²) in [7, 11) is 1.52. The van der Waals surface area contributed by atoms with Crippen LogP contribution in [0.4, 0.5) is 0 Å². The number of carbonyl (C=O) groups excluding carboxylic acids is 1. The number of aliphatic carboxylic acids is 1. The van der Waals surface area contributed by atoms with E-state index in [1.54, 1.807) is 18.2 Å². The molecule has 0 saturated carbocycles. The summed E-state index contributed by atoms with van der Waals surface area (Å²) < 4.78 is 10.6. The Morgan fingerprint density at radius 1 is 1.33 bits per heavy atom. The number of ether oxygens (including phenoxy) is 2. The number of carboxylic acid groups (broad SMARTS) is 1. The van der Waals surface area contributed by atoms with Crippen molar-refractivity contribution >= 4 is 23.6 Å². The monoisotopic (exact) mass is 313 g/mol. The number of rotatable bonds is 9. The summed E-state index contributed by atoms with van der Waals surface area (Å²) in [6.45, 7) is 2.80. The predicted molar refractivity (Wildman–Crippen MR) is 81.5 cm³/mol. The largest absolute Gasteiger partial charge is 0.493 e. The summed E-state index contributed by atoms with van der Waals surface area (Å²) >= 11 is 1.26. The highest BCUT2D eigenvalue weighted by Gasteiger charge is 2.10. The van der Waals surface area contributed by atoms with E-state index in [0.29, 0.717) is 36.0 Å². The third-order valence-corrected chi connectivity index (χ3v) is 3.43. The van der Waals surface area contributed by atoms with Crippen LogP contribution in [0, 0.1) is 0 Å². The Labute approximate surface area is 127 Å². The Morgan fingerprint density at radius 2 is 2.10 bits per heavy atom. The van der Waals surface area contributed by atoms with E-state index in [1.807, 2.05) is 6.92 Å². The van der Waals surface area contributed by atoms with Crippen LogP contribution in [0.2, 0.25) is 0 Å². The minimum Gasteiger partial charge on any atom is -0.493 e. The predicted octanol–water partition coefficient (Wildman–Crippen LogP) is 1.64. The van der Waals surface area contributed by atoms with E-state index in [0.717, 1.165) is 0 Å². The molecule has 1 aromatic rings. The number of carboxylic acids is 1. The molecule has 0 bridgehead atoms. The number of benzene rings is 1. The lowest BCUT2D eigenvalue weighted by Gasteiger charge is -2.11. The van der Waals surface area contributed by atoms with Gasteiger partial charge in [-0.3, -0.25) is 9.59 Å². The molecule has 0 aliphatic heterocycles. The van der Waals surface area contributed by atoms with Crippen molar-refractivity contribution < 1.29 is 24.2 Å². The summed E-state index contributed by atoms with van der Waals surface area (Å²) in [4.78, 5) is 22.3. The van der Waals surface area contributed by atoms with Gasteiger partial charge < -0.3 is 19.9 Å². The van der Waals surface area contributed by atoms with E-state index in [1.165, 1.54) is 18.9 Å². The van der Waals surface area contributed by atoms with E-state index in [4.69, 9.17) is 14.6 Å². The zero-order valence-corrected chi connectivity index (χ0v) is 12.9. The second-order valence-corrected chi connectivity index (χ2v) is 5.11. The molecule has 0 heterocycles. The third kappa shape index (κ3) is 5.95. The molecule has 1 amide bonds. The molecule has 0 aliphatic rings. The number of amides is 1. The van der Waals surface area contributed by atoms with E-state index >= 15 is 0 Å². The molecule has 0 spiro atoms. The molecule has 0 aliphatic carbocycles. The van der Waals surface area contributed by atoms with Crippen molar-refractivity contribution in [3.8, 4) is 11.5 Å². The average Bonchev–Trinajstić information content (AvgIpc) is 2.47. The summed E-state index contributed by atoms with van der Waals surface area (Å²) in [5, 5.41) is 11.2. The molecular formula is C14H19NO5S.